The van der Waals surface area contributed by atoms with E-state index >= 15 is 0 Å². The topological polar surface area (TPSA) is 46.5 Å². The highest BCUT2D eigenvalue weighted by Crippen LogP contribution is 2.63. The molecule has 1 heterocycles. The lowest BCUT2D eigenvalue weighted by Gasteiger charge is -2.30. The molecule has 4 heteroatoms. The maximum Gasteiger partial charge on any atom is 0.315 e. The number of esters is 1. The molecule has 3 unspecified atom stereocenters. The Morgan fingerprint density at radius 1 is 1.64 bits per heavy atom. The van der Waals surface area contributed by atoms with E-state index in [2.05, 4.69) is 0 Å². The van der Waals surface area contributed by atoms with Crippen molar-refractivity contribution in [3.63, 3.8) is 0 Å². The first-order valence-electron chi connectivity index (χ1n) is 4.95. The average Bonchev–Trinajstić information content (AvgIpc) is 2.66. The summed E-state index contributed by atoms with van der Waals surface area (Å²) < 4.78 is 4.82. The number of carbonyl (C=O) groups excluding carboxylic acids is 1. The second-order valence-electron chi connectivity index (χ2n) is 4.40. The van der Waals surface area contributed by atoms with Crippen LogP contribution in [0.4, 0.5) is 0 Å². The molecule has 1 N–H and O–H groups in total. The Labute approximate surface area is 88.2 Å². The minimum Gasteiger partial charge on any atom is -0.468 e. The van der Waals surface area contributed by atoms with E-state index in [1.807, 2.05) is 6.92 Å². The first kappa shape index (κ1) is 10.3. The van der Waals surface area contributed by atoms with E-state index in [0.717, 1.165) is 18.6 Å². The molecule has 0 radical (unpaired) electrons. The fourth-order valence-corrected chi connectivity index (χ4v) is 4.00. The average molecular weight is 216 g/mol. The Balaban J connectivity index is 2.25. The van der Waals surface area contributed by atoms with Crippen LogP contribution in [0.25, 0.3) is 0 Å². The van der Waals surface area contributed by atoms with Crippen molar-refractivity contribution in [1.82, 2.24) is 0 Å². The normalized spacial score (nSPS) is 46.4. The molecule has 0 aromatic carbocycles. The summed E-state index contributed by atoms with van der Waals surface area (Å²) in [7, 11) is 1.40. The largest absolute Gasteiger partial charge is 0.468 e. The van der Waals surface area contributed by atoms with Gasteiger partial charge in [-0.15, -0.1) is 0 Å². The van der Waals surface area contributed by atoms with Gasteiger partial charge in [0.25, 0.3) is 0 Å². The van der Waals surface area contributed by atoms with Crippen LogP contribution in [-0.4, -0.2) is 35.3 Å². The zero-order valence-corrected chi connectivity index (χ0v) is 9.39. The lowest BCUT2D eigenvalue weighted by molar-refractivity contribution is -0.158. The zero-order valence-electron chi connectivity index (χ0n) is 8.58. The van der Waals surface area contributed by atoms with Gasteiger partial charge >= 0.3 is 5.97 Å². The minimum atomic E-state index is -0.815. The molecule has 1 aliphatic heterocycles. The third-order valence-corrected chi connectivity index (χ3v) is 4.86. The fourth-order valence-electron chi connectivity index (χ4n) is 2.64. The third kappa shape index (κ3) is 1.13. The standard InChI is InChI=1S/C10H16O3S/c1-7-5-10(7,8(11)13-2)9(12)3-4-14-6-9/h7,12H,3-6H2,1-2H3. The second kappa shape index (κ2) is 3.14. The summed E-state index contributed by atoms with van der Waals surface area (Å²) in [6, 6.07) is 0. The van der Waals surface area contributed by atoms with Gasteiger partial charge in [0, 0.05) is 5.75 Å². The minimum absolute atomic E-state index is 0.227. The van der Waals surface area contributed by atoms with Crippen molar-refractivity contribution in [3.8, 4) is 0 Å². The molecule has 3 atom stereocenters. The molecule has 14 heavy (non-hydrogen) atoms. The Bertz CT molecular complexity index is 260. The molecular formula is C10H16O3S. The molecule has 1 aliphatic carbocycles. The van der Waals surface area contributed by atoms with Crippen molar-refractivity contribution in [2.75, 3.05) is 18.6 Å². The van der Waals surface area contributed by atoms with Crippen molar-refractivity contribution in [1.29, 1.82) is 0 Å². The van der Waals surface area contributed by atoms with Crippen LogP contribution in [0.1, 0.15) is 19.8 Å². The van der Waals surface area contributed by atoms with Gasteiger partial charge in [0.2, 0.25) is 0 Å². The monoisotopic (exact) mass is 216 g/mol. The molecule has 1 saturated heterocycles. The Morgan fingerprint density at radius 2 is 2.29 bits per heavy atom. The third-order valence-electron chi connectivity index (χ3n) is 3.69. The van der Waals surface area contributed by atoms with Crippen molar-refractivity contribution in [3.05, 3.63) is 0 Å². The summed E-state index contributed by atoms with van der Waals surface area (Å²) in [4.78, 5) is 11.7. The SMILES string of the molecule is COC(=O)C1(C2(O)CCSC2)CC1C. The van der Waals surface area contributed by atoms with E-state index in [1.165, 1.54) is 7.11 Å². The summed E-state index contributed by atoms with van der Waals surface area (Å²) in [5.41, 5.74) is -1.41. The smallest absolute Gasteiger partial charge is 0.315 e. The number of hydrogen-bond donors (Lipinski definition) is 1. The maximum absolute atomic E-state index is 11.7. The van der Waals surface area contributed by atoms with Gasteiger partial charge in [-0.1, -0.05) is 6.92 Å². The van der Waals surface area contributed by atoms with Crippen LogP contribution in [0, 0.1) is 11.3 Å². The van der Waals surface area contributed by atoms with Crippen LogP contribution in [0.15, 0.2) is 0 Å². The molecule has 0 aromatic heterocycles. The molecule has 2 fully saturated rings. The first-order valence-corrected chi connectivity index (χ1v) is 6.11. The molecule has 0 bridgehead atoms. The summed E-state index contributed by atoms with van der Waals surface area (Å²) >= 11 is 1.72. The van der Waals surface area contributed by atoms with Crippen molar-refractivity contribution >= 4 is 17.7 Å². The van der Waals surface area contributed by atoms with Crippen LogP contribution < -0.4 is 0 Å². The van der Waals surface area contributed by atoms with Crippen LogP contribution in [0.2, 0.25) is 0 Å². The van der Waals surface area contributed by atoms with Crippen molar-refractivity contribution < 1.29 is 14.6 Å². The van der Waals surface area contributed by atoms with Gasteiger partial charge in [0.15, 0.2) is 0 Å². The molecule has 2 aliphatic rings. The molecule has 2 rings (SSSR count). The molecule has 3 nitrogen and oxygen atoms in total. The van der Waals surface area contributed by atoms with E-state index < -0.39 is 11.0 Å². The van der Waals surface area contributed by atoms with E-state index in [9.17, 15) is 9.90 Å². The number of ether oxygens (including phenoxy) is 1. The van der Waals surface area contributed by atoms with Crippen LogP contribution >= 0.6 is 11.8 Å². The number of methoxy groups -OCH3 is 1. The van der Waals surface area contributed by atoms with E-state index in [1.54, 1.807) is 11.8 Å². The molecule has 0 amide bonds. The van der Waals surface area contributed by atoms with Gasteiger partial charge in [-0.05, 0) is 24.5 Å². The van der Waals surface area contributed by atoms with Gasteiger partial charge in [-0.2, -0.15) is 11.8 Å². The quantitative estimate of drug-likeness (QED) is 0.701. The van der Waals surface area contributed by atoms with Gasteiger partial charge in [-0.3, -0.25) is 4.79 Å². The number of carbonyl (C=O) groups is 1. The number of aliphatic hydroxyl groups is 1. The Kier molecular flexibility index (Phi) is 2.31. The number of hydrogen-bond acceptors (Lipinski definition) is 4. The molecule has 0 aromatic rings. The lowest BCUT2D eigenvalue weighted by atomic mass is 9.82. The highest BCUT2D eigenvalue weighted by molar-refractivity contribution is 7.99. The van der Waals surface area contributed by atoms with Crippen LogP contribution in [0.3, 0.4) is 0 Å². The Morgan fingerprint density at radius 3 is 2.64 bits per heavy atom. The van der Waals surface area contributed by atoms with E-state index in [0.29, 0.717) is 5.75 Å². The fraction of sp³-hybridized carbons (Fsp3) is 0.900. The molecule has 0 spiro atoms. The predicted molar refractivity (Wildman–Crippen MR) is 55.1 cm³/mol. The molecular weight excluding hydrogens is 200 g/mol. The first-order chi connectivity index (χ1) is 6.57. The molecule has 1 saturated carbocycles. The highest BCUT2D eigenvalue weighted by atomic mass is 32.2. The van der Waals surface area contributed by atoms with Crippen LogP contribution in [0.5, 0.6) is 0 Å². The number of thioether (sulfide) groups is 1. The predicted octanol–water partition coefficient (Wildman–Crippen LogP) is 1.05. The lowest BCUT2D eigenvalue weighted by Crippen LogP contribution is -2.46. The zero-order chi connectivity index (χ0) is 10.4. The summed E-state index contributed by atoms with van der Waals surface area (Å²) in [5.74, 6) is 1.66. The van der Waals surface area contributed by atoms with E-state index in [4.69, 9.17) is 4.74 Å². The maximum atomic E-state index is 11.7. The summed E-state index contributed by atoms with van der Waals surface area (Å²) in [6.07, 6.45) is 1.49. The van der Waals surface area contributed by atoms with Gasteiger partial charge in [0.1, 0.15) is 5.41 Å². The van der Waals surface area contributed by atoms with Crippen molar-refractivity contribution in [2.24, 2.45) is 11.3 Å². The second-order valence-corrected chi connectivity index (χ2v) is 5.51. The molecule has 80 valence electrons. The van der Waals surface area contributed by atoms with Crippen molar-refractivity contribution in [2.45, 2.75) is 25.4 Å². The Hall–Kier alpha value is -0.220. The summed E-state index contributed by atoms with van der Waals surface area (Å²) in [5, 5.41) is 10.4. The number of rotatable bonds is 2. The summed E-state index contributed by atoms with van der Waals surface area (Å²) in [6.45, 7) is 2.01. The highest BCUT2D eigenvalue weighted by Gasteiger charge is 2.70. The van der Waals surface area contributed by atoms with E-state index in [-0.39, 0.29) is 11.9 Å². The van der Waals surface area contributed by atoms with Crippen LogP contribution in [-0.2, 0) is 9.53 Å². The van der Waals surface area contributed by atoms with Gasteiger partial charge in [0.05, 0.1) is 12.7 Å². The van der Waals surface area contributed by atoms with Gasteiger partial charge < -0.3 is 9.84 Å². The van der Waals surface area contributed by atoms with Gasteiger partial charge in [-0.25, -0.2) is 0 Å².